The smallest absolute Gasteiger partial charge is 0.326 e. The molecule has 7 heteroatoms. The highest BCUT2D eigenvalue weighted by molar-refractivity contribution is 6.31. The first kappa shape index (κ1) is 19.0. The van der Waals surface area contributed by atoms with Crippen LogP contribution in [0.25, 0.3) is 11.1 Å². The average Bonchev–Trinajstić information content (AvgIpc) is 3.37. The van der Waals surface area contributed by atoms with Crippen molar-refractivity contribution in [2.75, 3.05) is 7.11 Å². The lowest BCUT2D eigenvalue weighted by molar-refractivity contribution is -0.141. The predicted octanol–water partition coefficient (Wildman–Crippen LogP) is 3.86. The van der Waals surface area contributed by atoms with Crippen molar-refractivity contribution in [1.29, 1.82) is 5.26 Å². The van der Waals surface area contributed by atoms with Gasteiger partial charge in [-0.2, -0.15) is 5.26 Å². The number of rotatable bonds is 6. The highest BCUT2D eigenvalue weighted by atomic mass is 35.5. The predicted molar refractivity (Wildman–Crippen MR) is 101 cm³/mol. The Bertz CT molecular complexity index is 1000. The molecule has 27 heavy (non-hydrogen) atoms. The largest absolute Gasteiger partial charge is 0.495 e. The number of pyridine rings is 1. The topological polar surface area (TPSA) is 92.3 Å². The summed E-state index contributed by atoms with van der Waals surface area (Å²) in [6, 6.07) is 7.14. The molecule has 0 bridgehead atoms. The highest BCUT2D eigenvalue weighted by Crippen LogP contribution is 2.50. The first-order chi connectivity index (χ1) is 12.8. The number of halogens is 1. The molecule has 1 N–H and O–H groups in total. The van der Waals surface area contributed by atoms with E-state index in [4.69, 9.17) is 16.3 Å². The van der Waals surface area contributed by atoms with E-state index in [0.717, 1.165) is 12.8 Å². The van der Waals surface area contributed by atoms with Crippen LogP contribution >= 0.6 is 11.6 Å². The summed E-state index contributed by atoms with van der Waals surface area (Å²) in [4.78, 5) is 24.5. The molecule has 0 aliphatic heterocycles. The van der Waals surface area contributed by atoms with E-state index in [-0.39, 0.29) is 5.41 Å². The molecule has 0 spiro atoms. The fourth-order valence-corrected chi connectivity index (χ4v) is 3.34. The number of aromatic nitrogens is 1. The van der Waals surface area contributed by atoms with Gasteiger partial charge >= 0.3 is 5.97 Å². The SMILES string of the molecule is COc1cn(C(CC2(C)CC2)C(=O)O)c(=O)cc1-c1cc(Cl)ccc1C#N. The van der Waals surface area contributed by atoms with E-state index in [1.54, 1.807) is 18.2 Å². The summed E-state index contributed by atoms with van der Waals surface area (Å²) in [5.41, 5.74) is 0.697. The second-order valence-electron chi connectivity index (χ2n) is 7.17. The highest BCUT2D eigenvalue weighted by Gasteiger charge is 2.42. The Morgan fingerprint density at radius 1 is 1.41 bits per heavy atom. The zero-order valence-electron chi connectivity index (χ0n) is 15.0. The molecule has 1 aliphatic carbocycles. The quantitative estimate of drug-likeness (QED) is 0.813. The Morgan fingerprint density at radius 2 is 2.11 bits per heavy atom. The van der Waals surface area contributed by atoms with Gasteiger partial charge in [-0.05, 0) is 42.9 Å². The lowest BCUT2D eigenvalue weighted by atomic mass is 9.97. The maximum absolute atomic E-state index is 12.7. The zero-order valence-corrected chi connectivity index (χ0v) is 15.8. The summed E-state index contributed by atoms with van der Waals surface area (Å²) < 4.78 is 6.60. The third-order valence-corrected chi connectivity index (χ3v) is 5.30. The number of methoxy groups -OCH3 is 1. The number of carboxylic acids is 1. The number of ether oxygens (including phenoxy) is 1. The van der Waals surface area contributed by atoms with Crippen molar-refractivity contribution in [2.24, 2.45) is 5.41 Å². The fraction of sp³-hybridized carbons (Fsp3) is 0.350. The lowest BCUT2D eigenvalue weighted by Crippen LogP contribution is -2.31. The maximum atomic E-state index is 12.7. The van der Waals surface area contributed by atoms with Crippen molar-refractivity contribution in [3.63, 3.8) is 0 Å². The van der Waals surface area contributed by atoms with Crippen LogP contribution in [0, 0.1) is 16.7 Å². The molecule has 1 aromatic carbocycles. The summed E-state index contributed by atoms with van der Waals surface area (Å²) in [6.45, 7) is 2.02. The van der Waals surface area contributed by atoms with Crippen molar-refractivity contribution < 1.29 is 14.6 Å². The van der Waals surface area contributed by atoms with Crippen LogP contribution in [0.15, 0.2) is 35.3 Å². The van der Waals surface area contributed by atoms with Crippen LogP contribution in [0.3, 0.4) is 0 Å². The van der Waals surface area contributed by atoms with E-state index in [9.17, 15) is 20.0 Å². The first-order valence-corrected chi connectivity index (χ1v) is 8.89. The molecule has 140 valence electrons. The van der Waals surface area contributed by atoms with E-state index in [1.807, 2.05) is 6.92 Å². The van der Waals surface area contributed by atoms with E-state index in [1.165, 1.54) is 23.9 Å². The summed E-state index contributed by atoms with van der Waals surface area (Å²) in [6.07, 6.45) is 3.69. The van der Waals surface area contributed by atoms with E-state index in [0.29, 0.717) is 33.9 Å². The molecule has 1 heterocycles. The van der Waals surface area contributed by atoms with Gasteiger partial charge in [0.05, 0.1) is 24.9 Å². The van der Waals surface area contributed by atoms with Crippen LogP contribution in [0.5, 0.6) is 5.75 Å². The minimum absolute atomic E-state index is 0.0463. The number of carbonyl (C=O) groups is 1. The van der Waals surface area contributed by atoms with Gasteiger partial charge < -0.3 is 9.84 Å². The number of aliphatic carboxylic acids is 1. The maximum Gasteiger partial charge on any atom is 0.326 e. The molecule has 1 aromatic heterocycles. The van der Waals surface area contributed by atoms with Crippen LogP contribution in [0.2, 0.25) is 5.02 Å². The van der Waals surface area contributed by atoms with E-state index >= 15 is 0 Å². The van der Waals surface area contributed by atoms with Crippen LogP contribution in [0.4, 0.5) is 0 Å². The van der Waals surface area contributed by atoms with Crippen molar-refractivity contribution in [1.82, 2.24) is 4.57 Å². The Balaban J connectivity index is 2.14. The van der Waals surface area contributed by atoms with Crippen molar-refractivity contribution in [2.45, 2.75) is 32.2 Å². The Hall–Kier alpha value is -2.78. The molecule has 1 atom stereocenters. The molecular formula is C20H19ClN2O4. The molecular weight excluding hydrogens is 368 g/mol. The number of carboxylic acid groups (broad SMARTS) is 1. The van der Waals surface area contributed by atoms with Gasteiger partial charge in [-0.15, -0.1) is 0 Å². The summed E-state index contributed by atoms with van der Waals surface area (Å²) in [7, 11) is 1.43. The van der Waals surface area contributed by atoms with Crippen molar-refractivity contribution >= 4 is 17.6 Å². The number of hydrogen-bond acceptors (Lipinski definition) is 4. The summed E-state index contributed by atoms with van der Waals surface area (Å²) in [5, 5.41) is 19.4. The number of hydrogen-bond donors (Lipinski definition) is 1. The molecule has 1 unspecified atom stereocenters. The molecule has 1 saturated carbocycles. The van der Waals surface area contributed by atoms with Crippen LogP contribution in [-0.2, 0) is 4.79 Å². The lowest BCUT2D eigenvalue weighted by Gasteiger charge is -2.21. The molecule has 3 rings (SSSR count). The van der Waals surface area contributed by atoms with Crippen LogP contribution in [-0.4, -0.2) is 22.8 Å². The zero-order chi connectivity index (χ0) is 19.8. The average molecular weight is 387 g/mol. The van der Waals surface area contributed by atoms with Gasteiger partial charge in [-0.25, -0.2) is 4.79 Å². The monoisotopic (exact) mass is 386 g/mol. The van der Waals surface area contributed by atoms with Gasteiger partial charge in [0.15, 0.2) is 0 Å². The second-order valence-corrected chi connectivity index (χ2v) is 7.61. The van der Waals surface area contributed by atoms with E-state index < -0.39 is 17.6 Å². The molecule has 2 aromatic rings. The van der Waals surface area contributed by atoms with Crippen molar-refractivity contribution in [3.8, 4) is 22.9 Å². The van der Waals surface area contributed by atoms with E-state index in [2.05, 4.69) is 6.07 Å². The number of benzene rings is 1. The third-order valence-electron chi connectivity index (χ3n) is 5.07. The third kappa shape index (κ3) is 3.83. The normalized spacial score (nSPS) is 15.6. The molecule has 0 saturated heterocycles. The number of nitriles is 1. The Labute approximate surface area is 161 Å². The second kappa shape index (κ2) is 7.09. The fourth-order valence-electron chi connectivity index (χ4n) is 3.17. The van der Waals surface area contributed by atoms with Gasteiger partial charge in [-0.3, -0.25) is 9.36 Å². The van der Waals surface area contributed by atoms with Crippen LogP contribution in [0.1, 0.15) is 37.8 Å². The molecule has 1 fully saturated rings. The van der Waals surface area contributed by atoms with Gasteiger partial charge in [0.2, 0.25) is 0 Å². The minimum Gasteiger partial charge on any atom is -0.495 e. The Morgan fingerprint density at radius 3 is 2.67 bits per heavy atom. The van der Waals surface area contributed by atoms with Gasteiger partial charge in [0, 0.05) is 22.2 Å². The molecule has 6 nitrogen and oxygen atoms in total. The first-order valence-electron chi connectivity index (χ1n) is 8.51. The van der Waals surface area contributed by atoms with Gasteiger partial charge in [0.1, 0.15) is 11.8 Å². The standard InChI is InChI=1S/C20H19ClN2O4/c1-20(5-6-20)9-16(19(25)26)23-11-17(27-2)15(8-18(23)24)14-7-13(21)4-3-12(14)10-22/h3-4,7-8,11,16H,5-6,9H2,1-2H3,(H,25,26). The molecule has 0 radical (unpaired) electrons. The summed E-state index contributed by atoms with van der Waals surface area (Å²) in [5.74, 6) is -0.749. The molecule has 1 aliphatic rings. The molecule has 0 amide bonds. The van der Waals surface area contributed by atoms with Crippen LogP contribution < -0.4 is 10.3 Å². The number of nitrogens with zero attached hydrogens (tertiary/aromatic N) is 2. The van der Waals surface area contributed by atoms with Gasteiger partial charge in [0.25, 0.3) is 5.56 Å². The Kier molecular flexibility index (Phi) is 4.99. The van der Waals surface area contributed by atoms with Crippen molar-refractivity contribution in [3.05, 3.63) is 51.4 Å². The summed E-state index contributed by atoms with van der Waals surface area (Å²) >= 11 is 6.05. The van der Waals surface area contributed by atoms with Gasteiger partial charge in [-0.1, -0.05) is 18.5 Å². The minimum atomic E-state index is -1.06.